The molecule has 1 aliphatic rings. The molecule has 1 aliphatic carbocycles. The number of hydrogen-bond acceptors (Lipinski definition) is 2. The van der Waals surface area contributed by atoms with E-state index in [1.165, 1.54) is 37.8 Å². The lowest BCUT2D eigenvalue weighted by Gasteiger charge is -2.28. The molecule has 100 valence electrons. The lowest BCUT2D eigenvalue weighted by molar-refractivity contribution is 0.000392. The van der Waals surface area contributed by atoms with E-state index >= 15 is 0 Å². The van der Waals surface area contributed by atoms with Gasteiger partial charge in [-0.1, -0.05) is 25.8 Å². The third kappa shape index (κ3) is 3.98. The molecule has 0 amide bonds. The van der Waals surface area contributed by atoms with Crippen LogP contribution < -0.4 is 5.32 Å². The van der Waals surface area contributed by atoms with Crippen molar-refractivity contribution in [1.29, 1.82) is 0 Å². The topological polar surface area (TPSA) is 21.3 Å². The van der Waals surface area contributed by atoms with Gasteiger partial charge in [-0.05, 0) is 37.0 Å². The lowest BCUT2D eigenvalue weighted by atomic mass is 9.88. The van der Waals surface area contributed by atoms with Gasteiger partial charge in [0.1, 0.15) is 5.82 Å². The first-order valence-electron chi connectivity index (χ1n) is 6.87. The van der Waals surface area contributed by atoms with Crippen molar-refractivity contribution in [3.05, 3.63) is 30.1 Å². The number of nitrogens with one attached hydrogen (secondary N) is 1. The maximum atomic E-state index is 12.9. The van der Waals surface area contributed by atoms with E-state index in [4.69, 9.17) is 4.74 Å². The van der Waals surface area contributed by atoms with Gasteiger partial charge in [0.2, 0.25) is 0 Å². The van der Waals surface area contributed by atoms with Gasteiger partial charge in [-0.25, -0.2) is 4.39 Å². The molecular formula is C15H22FNO. The van der Waals surface area contributed by atoms with Crippen LogP contribution in [-0.2, 0) is 4.74 Å². The van der Waals surface area contributed by atoms with E-state index in [0.29, 0.717) is 18.6 Å². The molecule has 0 aromatic heterocycles. The highest BCUT2D eigenvalue weighted by atomic mass is 19.1. The Hall–Kier alpha value is -1.09. The summed E-state index contributed by atoms with van der Waals surface area (Å²) < 4.78 is 18.8. The summed E-state index contributed by atoms with van der Waals surface area (Å²) in [6.45, 7) is 3.68. The van der Waals surface area contributed by atoms with E-state index in [-0.39, 0.29) is 5.82 Å². The fourth-order valence-electron chi connectivity index (χ4n) is 2.53. The average molecular weight is 251 g/mol. The minimum Gasteiger partial charge on any atom is -0.383 e. The second kappa shape index (κ2) is 6.74. The Morgan fingerprint density at radius 3 is 2.94 bits per heavy atom. The highest BCUT2D eigenvalue weighted by Gasteiger charge is 2.21. The van der Waals surface area contributed by atoms with E-state index in [2.05, 4.69) is 12.2 Å². The number of rotatable bonds is 5. The van der Waals surface area contributed by atoms with Crippen LogP contribution in [0.2, 0.25) is 0 Å². The molecule has 0 radical (unpaired) electrons. The minimum absolute atomic E-state index is 0.207. The van der Waals surface area contributed by atoms with Gasteiger partial charge in [0, 0.05) is 12.2 Å². The molecule has 1 saturated carbocycles. The molecule has 1 aromatic rings. The summed E-state index contributed by atoms with van der Waals surface area (Å²) in [6.07, 6.45) is 5.49. The first-order valence-corrected chi connectivity index (χ1v) is 6.87. The Balaban J connectivity index is 1.66. The van der Waals surface area contributed by atoms with Gasteiger partial charge in [-0.15, -0.1) is 0 Å². The third-order valence-corrected chi connectivity index (χ3v) is 3.62. The highest BCUT2D eigenvalue weighted by molar-refractivity contribution is 5.42. The fourth-order valence-corrected chi connectivity index (χ4v) is 2.53. The summed E-state index contributed by atoms with van der Waals surface area (Å²) in [4.78, 5) is 0. The monoisotopic (exact) mass is 251 g/mol. The molecule has 2 nitrogen and oxygen atoms in total. The number of benzene rings is 1. The van der Waals surface area contributed by atoms with Crippen molar-refractivity contribution in [1.82, 2.24) is 0 Å². The summed E-state index contributed by atoms with van der Waals surface area (Å²) in [7, 11) is 0. The smallest absolute Gasteiger partial charge is 0.125 e. The number of hydrogen-bond donors (Lipinski definition) is 1. The second-order valence-corrected chi connectivity index (χ2v) is 5.11. The molecule has 2 unspecified atom stereocenters. The number of anilines is 1. The standard InChI is InChI=1S/C15H22FNO/c1-12-5-2-3-8-15(12)18-10-9-17-14-7-4-6-13(16)11-14/h4,6-7,11-12,15,17H,2-3,5,8-10H2,1H3. The van der Waals surface area contributed by atoms with Crippen molar-refractivity contribution < 1.29 is 9.13 Å². The van der Waals surface area contributed by atoms with Crippen molar-refractivity contribution in [3.63, 3.8) is 0 Å². The van der Waals surface area contributed by atoms with Crippen molar-refractivity contribution >= 4 is 5.69 Å². The minimum atomic E-state index is -0.207. The number of ether oxygens (including phenoxy) is 1. The molecule has 0 bridgehead atoms. The van der Waals surface area contributed by atoms with Crippen LogP contribution in [0, 0.1) is 11.7 Å². The van der Waals surface area contributed by atoms with Crippen LogP contribution in [0.5, 0.6) is 0 Å². The van der Waals surface area contributed by atoms with Gasteiger partial charge >= 0.3 is 0 Å². The molecule has 1 aromatic carbocycles. The number of halogens is 1. The van der Waals surface area contributed by atoms with Crippen LogP contribution in [0.1, 0.15) is 32.6 Å². The molecule has 1 fully saturated rings. The Kier molecular flexibility index (Phi) is 5.00. The van der Waals surface area contributed by atoms with E-state index < -0.39 is 0 Å². The van der Waals surface area contributed by atoms with Gasteiger partial charge in [0.15, 0.2) is 0 Å². The molecule has 0 spiro atoms. The Morgan fingerprint density at radius 2 is 2.17 bits per heavy atom. The second-order valence-electron chi connectivity index (χ2n) is 5.11. The molecule has 0 heterocycles. The van der Waals surface area contributed by atoms with Crippen LogP contribution in [0.3, 0.4) is 0 Å². The molecule has 0 aliphatic heterocycles. The van der Waals surface area contributed by atoms with Crippen LogP contribution in [0.4, 0.5) is 10.1 Å². The molecule has 1 N–H and O–H groups in total. The molecule has 2 atom stereocenters. The van der Waals surface area contributed by atoms with Crippen LogP contribution in [0.15, 0.2) is 24.3 Å². The maximum absolute atomic E-state index is 12.9. The van der Waals surface area contributed by atoms with Crippen LogP contribution in [0.25, 0.3) is 0 Å². The van der Waals surface area contributed by atoms with Gasteiger partial charge in [0.05, 0.1) is 12.7 Å². The van der Waals surface area contributed by atoms with Gasteiger partial charge < -0.3 is 10.1 Å². The SMILES string of the molecule is CC1CCCCC1OCCNc1cccc(F)c1. The first kappa shape index (κ1) is 13.3. The lowest BCUT2D eigenvalue weighted by Crippen LogP contribution is -2.27. The predicted molar refractivity (Wildman–Crippen MR) is 72.3 cm³/mol. The quantitative estimate of drug-likeness (QED) is 0.803. The fraction of sp³-hybridized carbons (Fsp3) is 0.600. The third-order valence-electron chi connectivity index (χ3n) is 3.62. The average Bonchev–Trinajstić information content (AvgIpc) is 2.37. The first-order chi connectivity index (χ1) is 8.75. The van der Waals surface area contributed by atoms with Crippen molar-refractivity contribution in [2.45, 2.75) is 38.7 Å². The van der Waals surface area contributed by atoms with Crippen molar-refractivity contribution in [3.8, 4) is 0 Å². The van der Waals surface area contributed by atoms with Crippen molar-refractivity contribution in [2.24, 2.45) is 5.92 Å². The maximum Gasteiger partial charge on any atom is 0.125 e. The zero-order valence-electron chi connectivity index (χ0n) is 11.0. The Labute approximate surface area is 109 Å². The normalized spacial score (nSPS) is 23.9. The summed E-state index contributed by atoms with van der Waals surface area (Å²) in [5.74, 6) is 0.467. The van der Waals surface area contributed by atoms with Gasteiger partial charge in [0.25, 0.3) is 0 Å². The van der Waals surface area contributed by atoms with Crippen molar-refractivity contribution in [2.75, 3.05) is 18.5 Å². The van der Waals surface area contributed by atoms with Gasteiger partial charge in [-0.2, -0.15) is 0 Å². The van der Waals surface area contributed by atoms with E-state index in [9.17, 15) is 4.39 Å². The van der Waals surface area contributed by atoms with E-state index in [1.807, 2.05) is 6.07 Å². The largest absolute Gasteiger partial charge is 0.383 e. The summed E-state index contributed by atoms with van der Waals surface area (Å²) in [6, 6.07) is 6.53. The van der Waals surface area contributed by atoms with Crippen LogP contribution in [-0.4, -0.2) is 19.3 Å². The van der Waals surface area contributed by atoms with Crippen LogP contribution >= 0.6 is 0 Å². The summed E-state index contributed by atoms with van der Waals surface area (Å²) in [5, 5.41) is 3.17. The zero-order chi connectivity index (χ0) is 12.8. The zero-order valence-corrected chi connectivity index (χ0v) is 11.0. The summed E-state index contributed by atoms with van der Waals surface area (Å²) in [5.41, 5.74) is 0.815. The van der Waals surface area contributed by atoms with Gasteiger partial charge in [-0.3, -0.25) is 0 Å². The summed E-state index contributed by atoms with van der Waals surface area (Å²) >= 11 is 0. The molecular weight excluding hydrogens is 229 g/mol. The molecule has 18 heavy (non-hydrogen) atoms. The van der Waals surface area contributed by atoms with E-state index in [0.717, 1.165) is 12.2 Å². The Morgan fingerprint density at radius 1 is 1.33 bits per heavy atom. The molecule has 2 rings (SSSR count). The van der Waals surface area contributed by atoms with E-state index in [1.54, 1.807) is 6.07 Å². The Bertz CT molecular complexity index is 369. The molecule has 3 heteroatoms. The predicted octanol–water partition coefficient (Wildman–Crippen LogP) is 3.83. The molecule has 0 saturated heterocycles. The highest BCUT2D eigenvalue weighted by Crippen LogP contribution is 2.26.